The zero-order valence-corrected chi connectivity index (χ0v) is 21.9. The van der Waals surface area contributed by atoms with Crippen LogP contribution in [-0.4, -0.2) is 101 Å². The molecule has 1 saturated heterocycles. The number of benzene rings is 1. The normalized spacial score (nSPS) is 15.6. The first kappa shape index (κ1) is 36.4. The average molecular weight is 585 g/mol. The van der Waals surface area contributed by atoms with E-state index in [2.05, 4.69) is 15.3 Å². The van der Waals surface area contributed by atoms with Gasteiger partial charge in [-0.2, -0.15) is 0 Å². The molecule has 3 rings (SSSR count). The van der Waals surface area contributed by atoms with Crippen molar-refractivity contribution in [2.75, 3.05) is 6.54 Å². The Morgan fingerprint density at radius 1 is 0.854 bits per heavy atom. The van der Waals surface area contributed by atoms with E-state index in [1.165, 1.54) is 18.5 Å². The molecule has 17 nitrogen and oxygen atoms in total. The summed E-state index contributed by atoms with van der Waals surface area (Å²) in [6.45, 7) is 0.858. The van der Waals surface area contributed by atoms with E-state index < -0.39 is 54.4 Å². The summed E-state index contributed by atoms with van der Waals surface area (Å²) in [7, 11) is 0. The molecule has 1 fully saturated rings. The lowest BCUT2D eigenvalue weighted by Gasteiger charge is -2.05. The van der Waals surface area contributed by atoms with Gasteiger partial charge in [0.1, 0.15) is 29.9 Å². The Balaban J connectivity index is 0.000000529. The average Bonchev–Trinajstić information content (AvgIpc) is 3.61. The second kappa shape index (κ2) is 19.5. The number of nitrogens with zero attached hydrogens (tertiary/aromatic N) is 1. The van der Waals surface area contributed by atoms with E-state index >= 15 is 0 Å². The summed E-state index contributed by atoms with van der Waals surface area (Å²) in [4.78, 5) is 56.9. The molecule has 0 unspecified atom stereocenters. The molecular formula is C24H36N6O11. The van der Waals surface area contributed by atoms with Crippen LogP contribution in [0.3, 0.4) is 0 Å². The monoisotopic (exact) mass is 584 g/mol. The Morgan fingerprint density at radius 2 is 1.39 bits per heavy atom. The summed E-state index contributed by atoms with van der Waals surface area (Å²) in [6.07, 6.45) is 4.86. The van der Waals surface area contributed by atoms with Gasteiger partial charge in [0.2, 0.25) is 0 Å². The third-order valence-corrected chi connectivity index (χ3v) is 5.09. The number of hydrogen-bond donors (Lipinski definition) is 11. The topological polar surface area (TPSA) is 325 Å². The lowest BCUT2D eigenvalue weighted by atomic mass is 10.1. The first-order valence-corrected chi connectivity index (χ1v) is 12.0. The summed E-state index contributed by atoms with van der Waals surface area (Å²) < 4.78 is 0. The van der Waals surface area contributed by atoms with Gasteiger partial charge in [0, 0.05) is 18.3 Å². The van der Waals surface area contributed by atoms with Crippen molar-refractivity contribution in [3.8, 4) is 5.75 Å². The molecule has 14 N–H and O–H groups in total. The van der Waals surface area contributed by atoms with E-state index in [4.69, 9.17) is 47.8 Å². The molecule has 0 saturated carbocycles. The molecule has 0 aliphatic carbocycles. The summed E-state index contributed by atoms with van der Waals surface area (Å²) >= 11 is 0. The molecule has 2 aromatic rings. The number of carboxylic acids is 5. The Morgan fingerprint density at radius 3 is 1.73 bits per heavy atom. The molecule has 17 heteroatoms. The Labute approximate surface area is 234 Å². The van der Waals surface area contributed by atoms with Crippen LogP contribution in [0.4, 0.5) is 0 Å². The van der Waals surface area contributed by atoms with E-state index in [0.717, 1.165) is 30.6 Å². The molecule has 1 aromatic heterocycles. The molecule has 2 heterocycles. The second-order valence-corrected chi connectivity index (χ2v) is 8.57. The van der Waals surface area contributed by atoms with Crippen LogP contribution in [0.2, 0.25) is 0 Å². The number of H-pyrrole nitrogens is 1. The highest BCUT2D eigenvalue weighted by atomic mass is 16.4. The predicted octanol–water partition coefficient (Wildman–Crippen LogP) is -1.59. The Bertz CT molecular complexity index is 1090. The molecule has 0 radical (unpaired) electrons. The third-order valence-electron chi connectivity index (χ3n) is 5.09. The third kappa shape index (κ3) is 17.6. The number of phenolic OH excluding ortho intramolecular Hbond substituents is 1. The maximum absolute atomic E-state index is 10.4. The van der Waals surface area contributed by atoms with Gasteiger partial charge in [-0.1, -0.05) is 12.1 Å². The van der Waals surface area contributed by atoms with Crippen molar-refractivity contribution < 1.29 is 54.6 Å². The van der Waals surface area contributed by atoms with Crippen LogP contribution in [-0.2, 0) is 36.8 Å². The molecule has 0 bridgehead atoms. The predicted molar refractivity (Wildman–Crippen MR) is 142 cm³/mol. The van der Waals surface area contributed by atoms with E-state index in [-0.39, 0.29) is 24.6 Å². The molecule has 4 atom stereocenters. The number of aromatic hydroxyl groups is 1. The van der Waals surface area contributed by atoms with Crippen molar-refractivity contribution in [2.24, 2.45) is 17.2 Å². The molecule has 1 aliphatic rings. The minimum Gasteiger partial charge on any atom is -0.508 e. The largest absolute Gasteiger partial charge is 0.508 e. The molecule has 1 aliphatic heterocycles. The van der Waals surface area contributed by atoms with Gasteiger partial charge < -0.3 is 58.1 Å². The number of rotatable bonds is 10. The summed E-state index contributed by atoms with van der Waals surface area (Å²) in [5.74, 6) is -5.08. The standard InChI is InChI=1S/C9H11NO3.C6H9N3O2.C5H9NO2.C4H7NO4/c10-8(9(12)13)5-6-1-3-7(11)4-2-6;7-5(6(10)11)1-4-2-8-3-9-4;7-5(8)4-2-1-3-6-4;5-2(4(8)9)1-3(6)7/h1-4,8,11H,5,10H2,(H,12,13);2-3,5H,1,7H2,(H,8,9)(H,10,11);4,6H,1-3H2,(H,7,8);2H,1,5H2,(H,6,7)(H,8,9)/t8-;5-;4-;2-/m0000/s1. The van der Waals surface area contributed by atoms with Gasteiger partial charge in [-0.3, -0.25) is 24.0 Å². The van der Waals surface area contributed by atoms with Crippen LogP contribution in [0.15, 0.2) is 36.8 Å². The number of phenols is 1. The van der Waals surface area contributed by atoms with Crippen LogP contribution in [0.25, 0.3) is 0 Å². The van der Waals surface area contributed by atoms with Crippen LogP contribution in [0, 0.1) is 0 Å². The van der Waals surface area contributed by atoms with Crippen LogP contribution in [0.5, 0.6) is 5.75 Å². The van der Waals surface area contributed by atoms with Gasteiger partial charge in [0.15, 0.2) is 0 Å². The van der Waals surface area contributed by atoms with Crippen molar-refractivity contribution in [3.05, 3.63) is 48.0 Å². The summed E-state index contributed by atoms with van der Waals surface area (Å²) in [5, 5.41) is 53.1. The van der Waals surface area contributed by atoms with Gasteiger partial charge in [-0.05, 0) is 43.5 Å². The summed E-state index contributed by atoms with van der Waals surface area (Å²) in [6, 6.07) is 3.02. The fraction of sp³-hybridized carbons (Fsp3) is 0.417. The van der Waals surface area contributed by atoms with Gasteiger partial charge in [0.05, 0.1) is 12.7 Å². The minimum atomic E-state index is -1.29. The first-order chi connectivity index (χ1) is 19.1. The number of nitrogens with two attached hydrogens (primary N) is 3. The lowest BCUT2D eigenvalue weighted by Crippen LogP contribution is -2.32. The Kier molecular flexibility index (Phi) is 17.3. The molecule has 1 aromatic carbocycles. The van der Waals surface area contributed by atoms with Gasteiger partial charge in [-0.25, -0.2) is 4.98 Å². The molecule has 228 valence electrons. The van der Waals surface area contributed by atoms with Gasteiger partial charge in [-0.15, -0.1) is 0 Å². The summed E-state index contributed by atoms with van der Waals surface area (Å²) in [5.41, 5.74) is 17.0. The maximum Gasteiger partial charge on any atom is 0.321 e. The van der Waals surface area contributed by atoms with Crippen molar-refractivity contribution in [1.29, 1.82) is 0 Å². The van der Waals surface area contributed by atoms with Crippen molar-refractivity contribution in [1.82, 2.24) is 15.3 Å². The number of carboxylic acid groups (broad SMARTS) is 5. The highest BCUT2D eigenvalue weighted by molar-refractivity contribution is 5.80. The second-order valence-electron chi connectivity index (χ2n) is 8.57. The van der Waals surface area contributed by atoms with E-state index in [0.29, 0.717) is 0 Å². The number of aromatic amines is 1. The SMILES string of the molecule is N[C@@H](CC(=O)O)C(=O)O.N[C@@H](Cc1ccc(O)cc1)C(=O)O.N[C@@H](Cc1cnc[nH]1)C(=O)O.O=C(O)[C@@H]1CCCN1. The van der Waals surface area contributed by atoms with Crippen LogP contribution < -0.4 is 22.5 Å². The highest BCUT2D eigenvalue weighted by Crippen LogP contribution is 2.10. The van der Waals surface area contributed by atoms with Crippen LogP contribution >= 0.6 is 0 Å². The van der Waals surface area contributed by atoms with Crippen molar-refractivity contribution in [3.63, 3.8) is 0 Å². The van der Waals surface area contributed by atoms with Gasteiger partial charge >= 0.3 is 29.8 Å². The van der Waals surface area contributed by atoms with E-state index in [1.54, 1.807) is 18.3 Å². The zero-order valence-electron chi connectivity index (χ0n) is 21.9. The number of aromatic nitrogens is 2. The molecule has 0 amide bonds. The number of imidazole rings is 1. The van der Waals surface area contributed by atoms with Crippen molar-refractivity contribution in [2.45, 2.75) is 56.3 Å². The fourth-order valence-electron chi connectivity index (χ4n) is 2.86. The first-order valence-electron chi connectivity index (χ1n) is 12.0. The van der Waals surface area contributed by atoms with Crippen molar-refractivity contribution >= 4 is 29.8 Å². The van der Waals surface area contributed by atoms with Gasteiger partial charge in [0.25, 0.3) is 0 Å². The number of carbonyl (C=O) groups is 5. The molecular weight excluding hydrogens is 548 g/mol. The maximum atomic E-state index is 10.4. The van der Waals surface area contributed by atoms with E-state index in [1.807, 2.05) is 0 Å². The number of hydrogen-bond acceptors (Lipinski definition) is 11. The molecule has 0 spiro atoms. The number of nitrogens with one attached hydrogen (secondary N) is 2. The molecule has 41 heavy (non-hydrogen) atoms. The fourth-order valence-corrected chi connectivity index (χ4v) is 2.86. The smallest absolute Gasteiger partial charge is 0.321 e. The lowest BCUT2D eigenvalue weighted by molar-refractivity contribution is -0.144. The number of aliphatic carboxylic acids is 5. The van der Waals surface area contributed by atoms with Crippen LogP contribution in [0.1, 0.15) is 30.5 Å². The Hall–Kier alpha value is -4.58. The minimum absolute atomic E-state index is 0.160. The highest BCUT2D eigenvalue weighted by Gasteiger charge is 2.20. The van der Waals surface area contributed by atoms with E-state index in [9.17, 15) is 24.0 Å². The quantitative estimate of drug-likeness (QED) is 0.150. The zero-order chi connectivity index (χ0) is 31.5.